The third-order valence-electron chi connectivity index (χ3n) is 26.1. The Labute approximate surface area is 722 Å². The second kappa shape index (κ2) is 30.1. The van der Waals surface area contributed by atoms with Crippen molar-refractivity contribution in [3.63, 3.8) is 0 Å². The van der Waals surface area contributed by atoms with Crippen molar-refractivity contribution in [1.82, 2.24) is 0 Å². The number of nitrogens with zero attached hydrogens (tertiary/aromatic N) is 3. The molecule has 4 nitrogen and oxygen atoms in total. The molecule has 0 amide bonds. The standard InChI is InChI=1S/C80H56N2.C40H27NO/c1-53-21-17-29-61(49-53)81(63-31-19-27-59(51-63)79(57-23-5-3-6-24-57)71-37-13-9-33-65(71)66-34-10-14-38-72(66)79)75-47-43-55-42-46-70-76(48-44-56-41-45-69(75)77(55)78(56)70)82(62-30-18-22-54(2)50-62)64-32-20-28-60(52-64)80(58-25-7-4-8-26-58)73-39-15-11-35-67(73)68-36-12-16-40-74(68)80;1-4-13-28(14-5-1)29-23-25-33(26-24-29)41(32-18-8-3-9-19-32)37-22-12-21-35-38-34-20-11-10-17-31(34)27-36(40(38)42-39(35)37)30-15-6-2-7-16-30/h3-52H,1-2H3;1-27H. The molecule has 2 aliphatic rings. The molecule has 0 saturated heterocycles. The van der Waals surface area contributed by atoms with E-state index >= 15 is 0 Å². The van der Waals surface area contributed by atoms with Crippen LogP contribution in [0.3, 0.4) is 0 Å². The summed E-state index contributed by atoms with van der Waals surface area (Å²) in [6.45, 7) is 4.40. The van der Waals surface area contributed by atoms with Gasteiger partial charge in [0.1, 0.15) is 5.58 Å². The van der Waals surface area contributed by atoms with Crippen LogP contribution in [-0.2, 0) is 10.8 Å². The van der Waals surface area contributed by atoms with Gasteiger partial charge in [-0.1, -0.05) is 370 Å². The monoisotopic (exact) mass is 1580 g/mol. The number of para-hydroxylation sites is 2. The molecule has 2 aliphatic carbocycles. The number of hydrogen-bond acceptors (Lipinski definition) is 4. The number of anilines is 9. The lowest BCUT2D eigenvalue weighted by atomic mass is 9.67. The first-order valence-electron chi connectivity index (χ1n) is 42.9. The van der Waals surface area contributed by atoms with Gasteiger partial charge in [0.15, 0.2) is 5.58 Å². The molecule has 0 fully saturated rings. The number of aryl methyl sites for hydroxylation is 2. The Morgan fingerprint density at radius 2 is 0.548 bits per heavy atom. The van der Waals surface area contributed by atoms with Gasteiger partial charge in [0.2, 0.25) is 0 Å². The summed E-state index contributed by atoms with van der Waals surface area (Å²) in [6, 6.07) is 172. The highest BCUT2D eigenvalue weighted by Crippen LogP contribution is 2.60. The summed E-state index contributed by atoms with van der Waals surface area (Å²) < 4.78 is 6.95. The quantitative estimate of drug-likeness (QED) is 0.0954. The van der Waals surface area contributed by atoms with Crippen molar-refractivity contribution in [3.05, 3.63) is 523 Å². The normalized spacial score (nSPS) is 12.7. The number of rotatable bonds is 15. The van der Waals surface area contributed by atoms with Gasteiger partial charge in [0.05, 0.1) is 27.9 Å². The topological polar surface area (TPSA) is 22.9 Å². The van der Waals surface area contributed by atoms with Crippen LogP contribution in [0, 0.1) is 13.8 Å². The molecule has 124 heavy (non-hydrogen) atoms. The summed E-state index contributed by atoms with van der Waals surface area (Å²) in [5, 5.41) is 12.0. The van der Waals surface area contributed by atoms with Crippen molar-refractivity contribution >= 4 is 116 Å². The Balaban J connectivity index is 0.000000177. The molecule has 0 atom stereocenters. The number of furan rings is 1. The number of benzene rings is 21. The van der Waals surface area contributed by atoms with Crippen LogP contribution in [0.15, 0.2) is 472 Å². The molecule has 584 valence electrons. The van der Waals surface area contributed by atoms with E-state index in [1.807, 2.05) is 0 Å². The molecular weight excluding hydrogens is 1500 g/mol. The molecule has 1 aromatic heterocycles. The number of fused-ring (bicyclic) bond motifs is 11. The smallest absolute Gasteiger partial charge is 0.159 e. The highest BCUT2D eigenvalue weighted by molar-refractivity contribution is 6.29. The molecule has 0 saturated carbocycles. The zero-order valence-electron chi connectivity index (χ0n) is 68.7. The molecule has 22 aromatic rings. The second-order valence-electron chi connectivity index (χ2n) is 33.0. The summed E-state index contributed by atoms with van der Waals surface area (Å²) in [4.78, 5) is 7.30. The molecule has 0 unspecified atom stereocenters. The zero-order valence-corrected chi connectivity index (χ0v) is 68.7. The zero-order chi connectivity index (χ0) is 82.4. The third-order valence-corrected chi connectivity index (χ3v) is 26.1. The lowest BCUT2D eigenvalue weighted by molar-refractivity contribution is 0.670. The van der Waals surface area contributed by atoms with E-state index < -0.39 is 10.8 Å². The SMILES string of the molecule is Cc1cccc(N(c2cccc(C3(c4ccccc4)c4ccccc4-c4ccccc43)c2)c2ccc3ccc4c(N(c5cccc(C)c5)c5cccc(C6(c7ccccc7)c7ccccc7-c7ccccc76)c5)ccc5ccc2c3c54)c1.c1ccc(-c2ccc(N(c3ccccc3)c3cccc4c3oc3c(-c5ccccc5)cc5ccccc5c34)cc2)cc1. The fraction of sp³-hybridized carbons (Fsp3) is 0.0333. The maximum atomic E-state index is 6.95. The van der Waals surface area contributed by atoms with Crippen LogP contribution in [0.25, 0.3) is 110 Å². The number of hydrogen-bond donors (Lipinski definition) is 0. The van der Waals surface area contributed by atoms with E-state index in [2.05, 4.69) is 496 Å². The van der Waals surface area contributed by atoms with E-state index in [9.17, 15) is 0 Å². The average Bonchev–Trinajstić information content (AvgIpc) is 1.31. The van der Waals surface area contributed by atoms with Crippen molar-refractivity contribution in [2.45, 2.75) is 24.7 Å². The van der Waals surface area contributed by atoms with Crippen molar-refractivity contribution in [1.29, 1.82) is 0 Å². The molecular formula is C120H83N3O. The lowest BCUT2D eigenvalue weighted by Crippen LogP contribution is -2.28. The first-order chi connectivity index (χ1) is 61.3. The van der Waals surface area contributed by atoms with E-state index in [0.29, 0.717) is 0 Å². The van der Waals surface area contributed by atoms with Crippen molar-refractivity contribution in [2.75, 3.05) is 14.7 Å². The van der Waals surface area contributed by atoms with Crippen LogP contribution in [0.1, 0.15) is 55.6 Å². The van der Waals surface area contributed by atoms with Crippen LogP contribution >= 0.6 is 0 Å². The van der Waals surface area contributed by atoms with E-state index in [-0.39, 0.29) is 0 Å². The van der Waals surface area contributed by atoms with Gasteiger partial charge in [0.25, 0.3) is 0 Å². The molecule has 0 aliphatic heterocycles. The Kier molecular flexibility index (Phi) is 17.8. The van der Waals surface area contributed by atoms with Crippen molar-refractivity contribution < 1.29 is 4.42 Å². The van der Waals surface area contributed by atoms with Gasteiger partial charge in [-0.2, -0.15) is 0 Å². The fourth-order valence-electron chi connectivity index (χ4n) is 20.8. The van der Waals surface area contributed by atoms with Gasteiger partial charge >= 0.3 is 0 Å². The van der Waals surface area contributed by atoms with Crippen LogP contribution in [0.5, 0.6) is 0 Å². The molecule has 4 heteroatoms. The fourth-order valence-corrected chi connectivity index (χ4v) is 20.8. The molecule has 0 N–H and O–H groups in total. The average molecular weight is 1580 g/mol. The molecule has 0 bridgehead atoms. The van der Waals surface area contributed by atoms with Gasteiger partial charge < -0.3 is 19.1 Å². The van der Waals surface area contributed by atoms with Gasteiger partial charge in [-0.3, -0.25) is 0 Å². The van der Waals surface area contributed by atoms with Gasteiger partial charge in [0, 0.05) is 61.2 Å². The molecule has 0 spiro atoms. The minimum absolute atomic E-state index is 0.543. The molecule has 0 radical (unpaired) electrons. The summed E-state index contributed by atoms with van der Waals surface area (Å²) >= 11 is 0. The maximum absolute atomic E-state index is 6.95. The van der Waals surface area contributed by atoms with Crippen LogP contribution in [-0.4, -0.2) is 0 Å². The van der Waals surface area contributed by atoms with Crippen LogP contribution < -0.4 is 14.7 Å². The van der Waals surface area contributed by atoms with Crippen molar-refractivity contribution in [3.8, 4) is 44.5 Å². The van der Waals surface area contributed by atoms with Gasteiger partial charge in [-0.15, -0.1) is 0 Å². The molecule has 1 heterocycles. The van der Waals surface area contributed by atoms with E-state index in [1.54, 1.807) is 0 Å². The van der Waals surface area contributed by atoms with E-state index in [1.165, 1.54) is 132 Å². The maximum Gasteiger partial charge on any atom is 0.159 e. The van der Waals surface area contributed by atoms with E-state index in [0.717, 1.165) is 84.3 Å². The minimum atomic E-state index is -0.543. The largest absolute Gasteiger partial charge is 0.453 e. The lowest BCUT2D eigenvalue weighted by Gasteiger charge is -2.35. The van der Waals surface area contributed by atoms with E-state index in [4.69, 9.17) is 4.42 Å². The molecule has 24 rings (SSSR count). The summed E-state index contributed by atoms with van der Waals surface area (Å²) in [6.07, 6.45) is 0. The van der Waals surface area contributed by atoms with Crippen LogP contribution in [0.2, 0.25) is 0 Å². The minimum Gasteiger partial charge on any atom is -0.453 e. The predicted molar refractivity (Wildman–Crippen MR) is 520 cm³/mol. The Bertz CT molecular complexity index is 7440. The van der Waals surface area contributed by atoms with Crippen LogP contribution in [0.4, 0.5) is 51.2 Å². The summed E-state index contributed by atoms with van der Waals surface area (Å²) in [5.41, 5.74) is 32.9. The third kappa shape index (κ3) is 11.8. The Morgan fingerprint density at radius 1 is 0.194 bits per heavy atom. The predicted octanol–water partition coefficient (Wildman–Crippen LogP) is 32.4. The second-order valence-corrected chi connectivity index (χ2v) is 33.0. The first-order valence-corrected chi connectivity index (χ1v) is 42.9. The highest BCUT2D eigenvalue weighted by Gasteiger charge is 2.48. The Morgan fingerprint density at radius 3 is 1.03 bits per heavy atom. The highest BCUT2D eigenvalue weighted by atomic mass is 16.3. The summed E-state index contributed by atoms with van der Waals surface area (Å²) in [7, 11) is 0. The van der Waals surface area contributed by atoms with Gasteiger partial charge in [-0.25, -0.2) is 0 Å². The van der Waals surface area contributed by atoms with Gasteiger partial charge in [-0.05, 0) is 238 Å². The molecule has 21 aromatic carbocycles. The Hall–Kier alpha value is -15.9. The van der Waals surface area contributed by atoms with Crippen molar-refractivity contribution in [2.24, 2.45) is 0 Å². The first kappa shape index (κ1) is 73.3. The summed E-state index contributed by atoms with van der Waals surface area (Å²) in [5.74, 6) is 0.